The molecule has 2 fully saturated rings. The summed E-state index contributed by atoms with van der Waals surface area (Å²) >= 11 is 2.01. The quantitative estimate of drug-likeness (QED) is 0.435. The predicted molar refractivity (Wildman–Crippen MR) is 141 cm³/mol. The van der Waals surface area contributed by atoms with Crippen molar-refractivity contribution in [2.45, 2.75) is 32.2 Å². The van der Waals surface area contributed by atoms with Gasteiger partial charge in [-0.2, -0.15) is 21.5 Å². The van der Waals surface area contributed by atoms with Gasteiger partial charge in [0.2, 0.25) is 0 Å². The van der Waals surface area contributed by atoms with Crippen LogP contribution in [0.4, 0.5) is 5.69 Å². The summed E-state index contributed by atoms with van der Waals surface area (Å²) in [5, 5.41) is 8.62. The molecule has 3 aromatic heterocycles. The van der Waals surface area contributed by atoms with Crippen molar-refractivity contribution in [3.05, 3.63) is 77.2 Å². The number of carbonyl (C=O) groups is 1. The largest absolute Gasteiger partial charge is 0.370 e. The van der Waals surface area contributed by atoms with E-state index in [1.165, 1.54) is 17.2 Å². The average Bonchev–Trinajstić information content (AvgIpc) is 3.71. The molecule has 1 saturated heterocycles. The van der Waals surface area contributed by atoms with Crippen LogP contribution in [0, 0.1) is 6.92 Å². The van der Waals surface area contributed by atoms with Crippen molar-refractivity contribution in [2.24, 2.45) is 0 Å². The minimum absolute atomic E-state index is 0.0971. The van der Waals surface area contributed by atoms with E-state index < -0.39 is 0 Å². The van der Waals surface area contributed by atoms with Crippen LogP contribution in [0.5, 0.6) is 0 Å². The number of hydrogen-bond acceptors (Lipinski definition) is 6. The van der Waals surface area contributed by atoms with Crippen LogP contribution in [-0.2, 0) is 6.54 Å². The van der Waals surface area contributed by atoms with Gasteiger partial charge in [-0.1, -0.05) is 18.2 Å². The van der Waals surface area contributed by atoms with E-state index >= 15 is 0 Å². The third-order valence-electron chi connectivity index (χ3n) is 6.70. The minimum Gasteiger partial charge on any atom is -0.370 e. The van der Waals surface area contributed by atoms with E-state index in [0.29, 0.717) is 29.5 Å². The summed E-state index contributed by atoms with van der Waals surface area (Å²) in [7, 11) is 0. The summed E-state index contributed by atoms with van der Waals surface area (Å²) in [5.41, 5.74) is 5.40. The molecule has 1 saturated carbocycles. The highest BCUT2D eigenvalue weighted by molar-refractivity contribution is 7.99. The summed E-state index contributed by atoms with van der Waals surface area (Å²) in [4.78, 5) is 25.2. The molecule has 0 spiro atoms. The van der Waals surface area contributed by atoms with E-state index in [1.54, 1.807) is 10.9 Å². The van der Waals surface area contributed by atoms with Crippen LogP contribution < -0.4 is 10.2 Å². The van der Waals surface area contributed by atoms with Gasteiger partial charge in [-0.25, -0.2) is 9.97 Å². The molecule has 1 aromatic carbocycles. The molecule has 0 atom stereocenters. The number of nitrogens with one attached hydrogen (secondary N) is 1. The molecule has 1 amide bonds. The highest BCUT2D eigenvalue weighted by Gasteiger charge is 2.29. The smallest absolute Gasteiger partial charge is 0.252 e. The molecule has 1 N–H and O–H groups in total. The first-order chi connectivity index (χ1) is 17.2. The fraction of sp³-hybridized carbons (Fsp3) is 0.333. The zero-order valence-corrected chi connectivity index (χ0v) is 20.6. The number of hydrogen-bond donors (Lipinski definition) is 1. The van der Waals surface area contributed by atoms with Gasteiger partial charge >= 0.3 is 0 Å². The van der Waals surface area contributed by atoms with Gasteiger partial charge in [0.1, 0.15) is 0 Å². The Kier molecular flexibility index (Phi) is 5.90. The van der Waals surface area contributed by atoms with E-state index in [2.05, 4.69) is 39.5 Å². The molecule has 8 heteroatoms. The van der Waals surface area contributed by atoms with Crippen molar-refractivity contribution in [3.63, 3.8) is 0 Å². The number of pyridine rings is 2. The summed E-state index contributed by atoms with van der Waals surface area (Å²) in [6.07, 6.45) is 3.96. The number of fused-ring (bicyclic) bond motifs is 1. The number of nitrogens with zero attached hydrogens (tertiary/aromatic N) is 5. The van der Waals surface area contributed by atoms with Crippen molar-refractivity contribution in [3.8, 4) is 5.82 Å². The number of thioether (sulfide) groups is 1. The predicted octanol–water partition coefficient (Wildman–Crippen LogP) is 4.48. The number of rotatable bonds is 6. The summed E-state index contributed by atoms with van der Waals surface area (Å²) in [6, 6.07) is 16.2. The van der Waals surface area contributed by atoms with Crippen molar-refractivity contribution in [1.82, 2.24) is 25.1 Å². The van der Waals surface area contributed by atoms with Crippen molar-refractivity contribution in [2.75, 3.05) is 29.5 Å². The van der Waals surface area contributed by atoms with E-state index in [-0.39, 0.29) is 5.91 Å². The summed E-state index contributed by atoms with van der Waals surface area (Å²) in [5.74, 6) is 3.37. The van der Waals surface area contributed by atoms with E-state index in [4.69, 9.17) is 10.1 Å². The van der Waals surface area contributed by atoms with Crippen LogP contribution in [0.15, 0.2) is 54.7 Å². The lowest BCUT2D eigenvalue weighted by Gasteiger charge is -2.28. The topological polar surface area (TPSA) is 75.9 Å². The van der Waals surface area contributed by atoms with Crippen molar-refractivity contribution < 1.29 is 4.79 Å². The number of aromatic nitrogens is 4. The maximum absolute atomic E-state index is 13.4. The van der Waals surface area contributed by atoms with Gasteiger partial charge in [0.25, 0.3) is 5.91 Å². The third kappa shape index (κ3) is 4.50. The Labute approximate surface area is 209 Å². The van der Waals surface area contributed by atoms with Crippen molar-refractivity contribution >= 4 is 34.4 Å². The van der Waals surface area contributed by atoms with Crippen LogP contribution in [0.3, 0.4) is 0 Å². The SMILES string of the molecule is Cc1nn(-c2ccccn2)c2nc(C3CC3)cc(C(=O)NCc3ccc(N4CCSCC4)cc3)c12. The lowest BCUT2D eigenvalue weighted by Crippen LogP contribution is -2.32. The van der Waals surface area contributed by atoms with Crippen LogP contribution >= 0.6 is 11.8 Å². The Morgan fingerprint density at radius 3 is 2.63 bits per heavy atom. The highest BCUT2D eigenvalue weighted by atomic mass is 32.2. The van der Waals surface area contributed by atoms with Gasteiger partial charge in [-0.3, -0.25) is 4.79 Å². The summed E-state index contributed by atoms with van der Waals surface area (Å²) in [6.45, 7) is 4.58. The van der Waals surface area contributed by atoms with Gasteiger partial charge in [0, 0.05) is 54.6 Å². The zero-order chi connectivity index (χ0) is 23.8. The standard InChI is InChI=1S/C27H28N6OS/c1-18-25-22(27(34)29-17-19-5-9-21(10-6-19)32-12-14-35-15-13-32)16-23(20-7-8-20)30-26(25)33(31-18)24-4-2-3-11-28-24/h2-6,9-11,16,20H,7-8,12-15,17H2,1H3,(H,29,34). The third-order valence-corrected chi connectivity index (χ3v) is 7.65. The van der Waals surface area contributed by atoms with Gasteiger partial charge < -0.3 is 10.2 Å². The molecule has 1 aliphatic heterocycles. The molecule has 7 nitrogen and oxygen atoms in total. The second kappa shape index (κ2) is 9.34. The Hall–Kier alpha value is -3.39. The van der Waals surface area contributed by atoms with Gasteiger partial charge in [-0.15, -0.1) is 0 Å². The lowest BCUT2D eigenvalue weighted by atomic mass is 10.1. The average molecular weight is 485 g/mol. The number of aryl methyl sites for hydroxylation is 1. The molecule has 35 heavy (non-hydrogen) atoms. The van der Waals surface area contributed by atoms with Crippen LogP contribution in [0.2, 0.25) is 0 Å². The highest BCUT2D eigenvalue weighted by Crippen LogP contribution is 2.40. The molecule has 1 aliphatic carbocycles. The van der Waals surface area contributed by atoms with Crippen LogP contribution in [0.1, 0.15) is 46.1 Å². The number of carbonyl (C=O) groups excluding carboxylic acids is 1. The Morgan fingerprint density at radius 1 is 1.11 bits per heavy atom. The van der Waals surface area contributed by atoms with E-state index in [9.17, 15) is 4.79 Å². The fourth-order valence-corrected chi connectivity index (χ4v) is 5.54. The second-order valence-electron chi connectivity index (χ2n) is 9.20. The lowest BCUT2D eigenvalue weighted by molar-refractivity contribution is 0.0952. The number of anilines is 1. The number of benzene rings is 1. The first-order valence-corrected chi connectivity index (χ1v) is 13.3. The van der Waals surface area contributed by atoms with Crippen LogP contribution in [0.25, 0.3) is 16.9 Å². The normalized spacial score (nSPS) is 16.0. The first kappa shape index (κ1) is 22.1. The molecule has 2 aliphatic rings. The molecule has 0 unspecified atom stereocenters. The number of amides is 1. The molecule has 6 rings (SSSR count). The second-order valence-corrected chi connectivity index (χ2v) is 10.4. The van der Waals surface area contributed by atoms with Gasteiger partial charge in [0.05, 0.1) is 16.6 Å². The minimum atomic E-state index is -0.0971. The molecule has 0 bridgehead atoms. The summed E-state index contributed by atoms with van der Waals surface area (Å²) < 4.78 is 1.76. The first-order valence-electron chi connectivity index (χ1n) is 12.2. The fourth-order valence-electron chi connectivity index (χ4n) is 4.64. The zero-order valence-electron chi connectivity index (χ0n) is 19.8. The van der Waals surface area contributed by atoms with Crippen molar-refractivity contribution in [1.29, 1.82) is 0 Å². The Bertz CT molecular complexity index is 1360. The van der Waals surface area contributed by atoms with Crippen LogP contribution in [-0.4, -0.2) is 50.3 Å². The molecule has 178 valence electrons. The molecule has 4 aromatic rings. The molecular weight excluding hydrogens is 456 g/mol. The Morgan fingerprint density at radius 2 is 1.91 bits per heavy atom. The monoisotopic (exact) mass is 484 g/mol. The molecule has 4 heterocycles. The maximum atomic E-state index is 13.4. The van der Waals surface area contributed by atoms with Gasteiger partial charge in [-0.05, 0) is 55.7 Å². The Balaban J connectivity index is 1.27. The molecule has 0 radical (unpaired) electrons. The van der Waals surface area contributed by atoms with E-state index in [0.717, 1.165) is 48.3 Å². The molecular formula is C27H28N6OS. The van der Waals surface area contributed by atoms with Gasteiger partial charge in [0.15, 0.2) is 11.5 Å². The van der Waals surface area contributed by atoms with E-state index in [1.807, 2.05) is 43.0 Å². The maximum Gasteiger partial charge on any atom is 0.252 e.